The first-order valence-electron chi connectivity index (χ1n) is 8.78. The van der Waals surface area contributed by atoms with Crippen LogP contribution in [0.4, 0.5) is 0 Å². The normalized spacial score (nSPS) is 19.8. The van der Waals surface area contributed by atoms with Crippen molar-refractivity contribution in [1.82, 2.24) is 4.90 Å². The molecule has 4 atom stereocenters. The molecule has 2 N–H and O–H groups in total. The SMILES string of the molecule is CC(O[P+](=O)C(O)CCCc1ccccc1)C(=O)N1CCC[C@H]1C(=O)O. The molecule has 1 fully saturated rings. The van der Waals surface area contributed by atoms with Crippen molar-refractivity contribution in [2.75, 3.05) is 6.54 Å². The molecule has 1 heterocycles. The summed E-state index contributed by atoms with van der Waals surface area (Å²) in [4.78, 5) is 24.8. The van der Waals surface area contributed by atoms with Gasteiger partial charge in [0.1, 0.15) is 6.04 Å². The summed E-state index contributed by atoms with van der Waals surface area (Å²) in [5, 5.41) is 19.1. The molecule has 142 valence electrons. The van der Waals surface area contributed by atoms with E-state index in [4.69, 9.17) is 9.63 Å². The maximum absolute atomic E-state index is 12.3. The molecule has 0 spiro atoms. The Bertz CT molecular complexity index is 638. The molecule has 2 rings (SSSR count). The third-order valence-corrected chi connectivity index (χ3v) is 5.71. The van der Waals surface area contributed by atoms with Crippen LogP contribution in [0.3, 0.4) is 0 Å². The van der Waals surface area contributed by atoms with Gasteiger partial charge in [0, 0.05) is 13.0 Å². The number of carbonyl (C=O) groups is 2. The van der Waals surface area contributed by atoms with Crippen LogP contribution in [0.15, 0.2) is 30.3 Å². The summed E-state index contributed by atoms with van der Waals surface area (Å²) in [6.45, 7) is 1.78. The highest BCUT2D eigenvalue weighted by molar-refractivity contribution is 7.39. The summed E-state index contributed by atoms with van der Waals surface area (Å²) in [5.74, 6) is -2.71. The second-order valence-electron chi connectivity index (χ2n) is 6.42. The first-order valence-corrected chi connectivity index (χ1v) is 10.0. The number of amides is 1. The number of aryl methyl sites for hydroxylation is 1. The van der Waals surface area contributed by atoms with Gasteiger partial charge in [0.05, 0.1) is 0 Å². The third-order valence-electron chi connectivity index (χ3n) is 4.44. The van der Waals surface area contributed by atoms with E-state index in [0.29, 0.717) is 32.2 Å². The summed E-state index contributed by atoms with van der Waals surface area (Å²) in [6, 6.07) is 8.91. The Morgan fingerprint density at radius 3 is 2.69 bits per heavy atom. The first kappa shape index (κ1) is 20.5. The van der Waals surface area contributed by atoms with Gasteiger partial charge < -0.3 is 15.1 Å². The van der Waals surface area contributed by atoms with Crippen LogP contribution in [-0.2, 0) is 25.1 Å². The molecule has 1 amide bonds. The Morgan fingerprint density at radius 2 is 2.04 bits per heavy atom. The van der Waals surface area contributed by atoms with Crippen molar-refractivity contribution in [2.24, 2.45) is 0 Å². The van der Waals surface area contributed by atoms with E-state index in [1.807, 2.05) is 30.3 Å². The van der Waals surface area contributed by atoms with Crippen molar-refractivity contribution < 1.29 is 28.9 Å². The highest BCUT2D eigenvalue weighted by Gasteiger charge is 2.40. The molecule has 0 aromatic heterocycles. The zero-order valence-corrected chi connectivity index (χ0v) is 15.7. The number of aliphatic hydroxyl groups excluding tert-OH is 1. The summed E-state index contributed by atoms with van der Waals surface area (Å²) < 4.78 is 17.3. The highest BCUT2D eigenvalue weighted by atomic mass is 31.1. The van der Waals surface area contributed by atoms with Gasteiger partial charge in [-0.15, -0.1) is 4.52 Å². The number of carbonyl (C=O) groups excluding carboxylic acids is 1. The molecule has 1 aliphatic heterocycles. The second-order valence-corrected chi connectivity index (χ2v) is 7.80. The maximum atomic E-state index is 12.3. The number of aliphatic carboxylic acids is 1. The van der Waals surface area contributed by atoms with Gasteiger partial charge >= 0.3 is 14.0 Å². The summed E-state index contributed by atoms with van der Waals surface area (Å²) in [5.41, 5.74) is 1.13. The minimum atomic E-state index is -2.43. The minimum Gasteiger partial charge on any atom is -0.480 e. The zero-order valence-electron chi connectivity index (χ0n) is 14.8. The number of carboxylic acid groups (broad SMARTS) is 1. The molecular formula is C18H25NO6P+. The fourth-order valence-corrected chi connectivity index (χ4v) is 3.97. The van der Waals surface area contributed by atoms with E-state index < -0.39 is 37.9 Å². The van der Waals surface area contributed by atoms with E-state index in [9.17, 15) is 19.3 Å². The van der Waals surface area contributed by atoms with Crippen molar-refractivity contribution in [3.8, 4) is 0 Å². The Morgan fingerprint density at radius 1 is 1.35 bits per heavy atom. The number of rotatable bonds is 9. The third kappa shape index (κ3) is 5.59. The van der Waals surface area contributed by atoms with Gasteiger partial charge in [0.2, 0.25) is 0 Å². The predicted octanol–water partition coefficient (Wildman–Crippen LogP) is 2.55. The molecule has 0 bridgehead atoms. The number of hydrogen-bond donors (Lipinski definition) is 2. The van der Waals surface area contributed by atoms with E-state index >= 15 is 0 Å². The molecule has 26 heavy (non-hydrogen) atoms. The lowest BCUT2D eigenvalue weighted by Gasteiger charge is -2.22. The molecular weight excluding hydrogens is 357 g/mol. The van der Waals surface area contributed by atoms with Gasteiger partial charge in [-0.05, 0) is 42.7 Å². The molecule has 8 heteroatoms. The molecule has 0 saturated carbocycles. The fraction of sp³-hybridized carbons (Fsp3) is 0.556. The van der Waals surface area contributed by atoms with Crippen molar-refractivity contribution in [3.63, 3.8) is 0 Å². The van der Waals surface area contributed by atoms with Crippen LogP contribution in [0.25, 0.3) is 0 Å². The topological polar surface area (TPSA) is 104 Å². The molecule has 1 aromatic rings. The fourth-order valence-electron chi connectivity index (χ4n) is 3.03. The maximum Gasteiger partial charge on any atom is 0.541 e. The van der Waals surface area contributed by atoms with Gasteiger partial charge in [0.15, 0.2) is 6.10 Å². The smallest absolute Gasteiger partial charge is 0.480 e. The van der Waals surface area contributed by atoms with Crippen LogP contribution in [0.5, 0.6) is 0 Å². The summed E-state index contributed by atoms with van der Waals surface area (Å²) in [6.07, 6.45) is 1.66. The standard InChI is InChI=1S/C18H24NO6P/c1-13(17(21)19-12-6-10-15(19)18(22)23)25-26(24)16(20)11-5-9-14-7-3-2-4-8-14/h2-4,7-8,13,15-16,20H,5-6,9-12H2,1H3/p+1/t13?,15-,16?/m0/s1. The largest absolute Gasteiger partial charge is 0.541 e. The summed E-state index contributed by atoms with van der Waals surface area (Å²) in [7, 11) is -2.43. The van der Waals surface area contributed by atoms with E-state index in [-0.39, 0.29) is 0 Å². The number of aliphatic hydroxyl groups is 1. The average Bonchev–Trinajstić information content (AvgIpc) is 3.11. The number of benzene rings is 1. The van der Waals surface area contributed by atoms with Crippen LogP contribution >= 0.6 is 8.03 Å². The van der Waals surface area contributed by atoms with E-state index in [2.05, 4.69) is 0 Å². The van der Waals surface area contributed by atoms with Crippen LogP contribution < -0.4 is 0 Å². The average molecular weight is 382 g/mol. The lowest BCUT2D eigenvalue weighted by molar-refractivity contribution is -0.150. The quantitative estimate of drug-likeness (QED) is 0.636. The number of hydrogen-bond acceptors (Lipinski definition) is 5. The van der Waals surface area contributed by atoms with Gasteiger partial charge in [-0.25, -0.2) is 4.79 Å². The molecule has 1 aromatic carbocycles. The highest BCUT2D eigenvalue weighted by Crippen LogP contribution is 2.33. The molecule has 0 aliphatic carbocycles. The lowest BCUT2D eigenvalue weighted by atomic mass is 10.1. The molecule has 1 aliphatic rings. The van der Waals surface area contributed by atoms with Crippen molar-refractivity contribution in [3.05, 3.63) is 35.9 Å². The zero-order chi connectivity index (χ0) is 19.1. The van der Waals surface area contributed by atoms with Crippen LogP contribution in [0.1, 0.15) is 38.2 Å². The van der Waals surface area contributed by atoms with Crippen LogP contribution in [-0.4, -0.2) is 51.5 Å². The van der Waals surface area contributed by atoms with Crippen LogP contribution in [0.2, 0.25) is 0 Å². The number of likely N-dealkylation sites (tertiary alicyclic amines) is 1. The predicted molar refractivity (Wildman–Crippen MR) is 95.9 cm³/mol. The number of nitrogens with zero attached hydrogens (tertiary/aromatic N) is 1. The van der Waals surface area contributed by atoms with Gasteiger partial charge in [-0.3, -0.25) is 4.79 Å². The van der Waals surface area contributed by atoms with Crippen molar-refractivity contribution >= 4 is 19.9 Å². The van der Waals surface area contributed by atoms with Crippen LogP contribution in [0, 0.1) is 0 Å². The van der Waals surface area contributed by atoms with E-state index in [1.165, 1.54) is 11.8 Å². The lowest BCUT2D eigenvalue weighted by Crippen LogP contribution is -2.45. The van der Waals surface area contributed by atoms with Crippen molar-refractivity contribution in [2.45, 2.75) is 57.0 Å². The van der Waals surface area contributed by atoms with Crippen molar-refractivity contribution in [1.29, 1.82) is 0 Å². The molecule has 3 unspecified atom stereocenters. The minimum absolute atomic E-state index is 0.298. The van der Waals surface area contributed by atoms with E-state index in [1.54, 1.807) is 0 Å². The monoisotopic (exact) mass is 382 g/mol. The Balaban J connectivity index is 1.78. The van der Waals surface area contributed by atoms with Gasteiger partial charge in [0.25, 0.3) is 11.8 Å². The Hall–Kier alpha value is -1.82. The van der Waals surface area contributed by atoms with E-state index in [0.717, 1.165) is 12.0 Å². The second kappa shape index (κ2) is 9.76. The summed E-state index contributed by atoms with van der Waals surface area (Å²) >= 11 is 0. The first-order chi connectivity index (χ1) is 12.4. The van der Waals surface area contributed by atoms with Gasteiger partial charge in [-0.2, -0.15) is 0 Å². The number of carboxylic acids is 1. The molecule has 0 radical (unpaired) electrons. The Kier molecular flexibility index (Phi) is 7.69. The van der Waals surface area contributed by atoms with Gasteiger partial charge in [-0.1, -0.05) is 30.3 Å². The Labute approximate surface area is 153 Å². The molecule has 7 nitrogen and oxygen atoms in total. The molecule has 1 saturated heterocycles.